The van der Waals surface area contributed by atoms with Gasteiger partial charge in [-0.2, -0.15) is 0 Å². The van der Waals surface area contributed by atoms with E-state index in [-0.39, 0.29) is 17.2 Å². The van der Waals surface area contributed by atoms with Crippen LogP contribution in [0, 0.1) is 18.3 Å². The molecule has 7 nitrogen and oxygen atoms in total. The lowest BCUT2D eigenvalue weighted by Crippen LogP contribution is -2.37. The average Bonchev–Trinajstić information content (AvgIpc) is 3.29. The molecule has 132 valence electrons. The summed E-state index contributed by atoms with van der Waals surface area (Å²) in [5.74, 6) is 0.473. The van der Waals surface area contributed by atoms with E-state index in [4.69, 9.17) is 14.0 Å². The van der Waals surface area contributed by atoms with Crippen LogP contribution in [0.5, 0.6) is 0 Å². The summed E-state index contributed by atoms with van der Waals surface area (Å²) in [4.78, 5) is 18.6. The summed E-state index contributed by atoms with van der Waals surface area (Å²) >= 11 is 0. The topological polar surface area (TPSA) is 77.7 Å². The first-order valence-corrected chi connectivity index (χ1v) is 8.43. The smallest absolute Gasteiger partial charge is 0.292 e. The zero-order chi connectivity index (χ0) is 17.3. The van der Waals surface area contributed by atoms with E-state index in [2.05, 4.69) is 10.1 Å². The Morgan fingerprint density at radius 1 is 1.52 bits per heavy atom. The zero-order valence-corrected chi connectivity index (χ0v) is 14.2. The maximum atomic E-state index is 12.6. The van der Waals surface area contributed by atoms with Crippen LogP contribution in [0.2, 0.25) is 0 Å². The van der Waals surface area contributed by atoms with Crippen molar-refractivity contribution in [2.45, 2.75) is 13.5 Å². The number of rotatable bonds is 5. The van der Waals surface area contributed by atoms with E-state index in [0.29, 0.717) is 51.0 Å². The zero-order valence-electron chi connectivity index (χ0n) is 14.2. The fraction of sp³-hybridized carbons (Fsp3) is 0.500. The van der Waals surface area contributed by atoms with Gasteiger partial charge in [-0.25, -0.2) is 0 Å². The predicted molar refractivity (Wildman–Crippen MR) is 87.8 cm³/mol. The summed E-state index contributed by atoms with van der Waals surface area (Å²) in [6, 6.07) is 5.57. The van der Waals surface area contributed by atoms with Crippen LogP contribution in [0.3, 0.4) is 0 Å². The van der Waals surface area contributed by atoms with E-state index in [1.807, 2.05) is 17.0 Å². The number of pyridine rings is 1. The van der Waals surface area contributed by atoms with Crippen LogP contribution in [-0.4, -0.2) is 53.9 Å². The largest absolute Gasteiger partial charge is 0.380 e. The standard InChI is InChI=1S/C18H21N3O4/c1-13-5-16(25-20-13)17(22)21-7-15-9-24-12-18(15,10-21)11-23-8-14-3-2-4-19-6-14/h2-6,15H,7-12H2,1H3/t15-,18-/m1/s1. The number of aryl methyl sites for hydroxylation is 1. The second-order valence-electron chi connectivity index (χ2n) is 6.95. The first kappa shape index (κ1) is 16.2. The monoisotopic (exact) mass is 343 g/mol. The molecule has 0 radical (unpaired) electrons. The number of hydrogen-bond donors (Lipinski definition) is 0. The Morgan fingerprint density at radius 3 is 3.20 bits per heavy atom. The number of fused-ring (bicyclic) bond motifs is 1. The molecule has 2 aromatic rings. The van der Waals surface area contributed by atoms with Gasteiger partial charge in [0.05, 0.1) is 32.1 Å². The van der Waals surface area contributed by atoms with Crippen LogP contribution in [0.15, 0.2) is 35.1 Å². The van der Waals surface area contributed by atoms with E-state index < -0.39 is 0 Å². The number of nitrogens with zero attached hydrogens (tertiary/aromatic N) is 3. The minimum atomic E-state index is -0.146. The van der Waals surface area contributed by atoms with Gasteiger partial charge in [-0.1, -0.05) is 11.2 Å². The van der Waals surface area contributed by atoms with Gasteiger partial charge in [-0.15, -0.1) is 0 Å². The molecule has 1 amide bonds. The molecule has 0 saturated carbocycles. The third-order valence-corrected chi connectivity index (χ3v) is 5.03. The Labute approximate surface area is 145 Å². The summed E-state index contributed by atoms with van der Waals surface area (Å²) in [6.07, 6.45) is 3.55. The highest BCUT2D eigenvalue weighted by molar-refractivity contribution is 5.91. The third kappa shape index (κ3) is 3.17. The lowest BCUT2D eigenvalue weighted by Gasteiger charge is -2.26. The van der Waals surface area contributed by atoms with E-state index in [9.17, 15) is 4.79 Å². The van der Waals surface area contributed by atoms with Crippen LogP contribution in [0.25, 0.3) is 0 Å². The molecule has 0 unspecified atom stereocenters. The lowest BCUT2D eigenvalue weighted by molar-refractivity contribution is 0.0181. The van der Waals surface area contributed by atoms with Gasteiger partial charge >= 0.3 is 0 Å². The fourth-order valence-electron chi connectivity index (χ4n) is 3.67. The van der Waals surface area contributed by atoms with Gasteiger partial charge < -0.3 is 18.9 Å². The molecule has 2 saturated heterocycles. The summed E-state index contributed by atoms with van der Waals surface area (Å²) in [6.45, 7) is 5.43. The second kappa shape index (κ2) is 6.57. The van der Waals surface area contributed by atoms with Crippen LogP contribution in [0.4, 0.5) is 0 Å². The highest BCUT2D eigenvalue weighted by Crippen LogP contribution is 2.42. The van der Waals surface area contributed by atoms with E-state index in [1.165, 1.54) is 0 Å². The molecule has 2 aromatic heterocycles. The first-order valence-electron chi connectivity index (χ1n) is 8.43. The van der Waals surface area contributed by atoms with Gasteiger partial charge in [-0.3, -0.25) is 9.78 Å². The van der Waals surface area contributed by atoms with Crippen molar-refractivity contribution in [2.24, 2.45) is 11.3 Å². The summed E-state index contributed by atoms with van der Waals surface area (Å²) in [5, 5.41) is 3.80. The summed E-state index contributed by atoms with van der Waals surface area (Å²) < 4.78 is 16.8. The molecule has 2 aliphatic heterocycles. The Kier molecular flexibility index (Phi) is 4.27. The molecule has 2 aliphatic rings. The SMILES string of the molecule is Cc1cc(C(=O)N2C[C@@H]3COC[C@]3(COCc3cccnc3)C2)on1. The van der Waals surface area contributed by atoms with Crippen molar-refractivity contribution in [3.05, 3.63) is 47.6 Å². The van der Waals surface area contributed by atoms with Crippen molar-refractivity contribution < 1.29 is 18.8 Å². The normalized spacial score (nSPS) is 25.3. The Balaban J connectivity index is 1.41. The van der Waals surface area contributed by atoms with Crippen LogP contribution in [-0.2, 0) is 16.1 Å². The number of likely N-dealkylation sites (tertiary alicyclic amines) is 1. The number of amides is 1. The van der Waals surface area contributed by atoms with E-state index in [1.54, 1.807) is 25.4 Å². The number of hydrogen-bond acceptors (Lipinski definition) is 6. The predicted octanol–water partition coefficient (Wildman–Crippen LogP) is 1.68. The number of carbonyl (C=O) groups is 1. The van der Waals surface area contributed by atoms with Crippen molar-refractivity contribution in [1.29, 1.82) is 0 Å². The number of aromatic nitrogens is 2. The quantitative estimate of drug-likeness (QED) is 0.822. The molecule has 4 heterocycles. The van der Waals surface area contributed by atoms with Crippen molar-refractivity contribution >= 4 is 5.91 Å². The van der Waals surface area contributed by atoms with Gasteiger partial charge in [0.1, 0.15) is 0 Å². The molecule has 0 spiro atoms. The Morgan fingerprint density at radius 2 is 2.44 bits per heavy atom. The number of carbonyl (C=O) groups excluding carboxylic acids is 1. The highest BCUT2D eigenvalue weighted by atomic mass is 16.5. The van der Waals surface area contributed by atoms with E-state index in [0.717, 1.165) is 5.56 Å². The molecule has 2 fully saturated rings. The van der Waals surface area contributed by atoms with Crippen molar-refractivity contribution in [3.63, 3.8) is 0 Å². The molecular weight excluding hydrogens is 322 g/mol. The third-order valence-electron chi connectivity index (χ3n) is 5.03. The maximum absolute atomic E-state index is 12.6. The molecule has 0 aliphatic carbocycles. The molecule has 0 N–H and O–H groups in total. The Bertz CT molecular complexity index is 748. The molecule has 7 heteroatoms. The van der Waals surface area contributed by atoms with Gasteiger partial charge in [-0.05, 0) is 18.6 Å². The minimum absolute atomic E-state index is 0.110. The highest BCUT2D eigenvalue weighted by Gasteiger charge is 2.52. The molecule has 0 bridgehead atoms. The molecule has 2 atom stereocenters. The first-order chi connectivity index (χ1) is 12.2. The lowest BCUT2D eigenvalue weighted by atomic mass is 9.82. The van der Waals surface area contributed by atoms with E-state index >= 15 is 0 Å². The second-order valence-corrected chi connectivity index (χ2v) is 6.95. The summed E-state index contributed by atoms with van der Waals surface area (Å²) in [5.41, 5.74) is 1.60. The minimum Gasteiger partial charge on any atom is -0.380 e. The van der Waals surface area contributed by atoms with Gasteiger partial charge in [0.2, 0.25) is 5.76 Å². The Hall–Kier alpha value is -2.25. The van der Waals surface area contributed by atoms with Crippen molar-refractivity contribution in [2.75, 3.05) is 32.9 Å². The van der Waals surface area contributed by atoms with Gasteiger partial charge in [0.15, 0.2) is 0 Å². The maximum Gasteiger partial charge on any atom is 0.292 e. The molecule has 0 aromatic carbocycles. The van der Waals surface area contributed by atoms with Crippen molar-refractivity contribution in [3.8, 4) is 0 Å². The van der Waals surface area contributed by atoms with Crippen LogP contribution in [0.1, 0.15) is 21.8 Å². The fourth-order valence-corrected chi connectivity index (χ4v) is 3.67. The van der Waals surface area contributed by atoms with Gasteiger partial charge in [0, 0.05) is 42.9 Å². The average molecular weight is 343 g/mol. The molecule has 25 heavy (non-hydrogen) atoms. The summed E-state index contributed by atoms with van der Waals surface area (Å²) in [7, 11) is 0. The molecule has 4 rings (SSSR count). The van der Waals surface area contributed by atoms with Crippen LogP contribution >= 0.6 is 0 Å². The molecular formula is C18H21N3O4. The number of ether oxygens (including phenoxy) is 2. The van der Waals surface area contributed by atoms with Gasteiger partial charge in [0.25, 0.3) is 5.91 Å². The van der Waals surface area contributed by atoms with Crippen molar-refractivity contribution in [1.82, 2.24) is 15.0 Å². The van der Waals surface area contributed by atoms with Crippen LogP contribution < -0.4 is 0 Å².